The van der Waals surface area contributed by atoms with Gasteiger partial charge in [-0.25, -0.2) is 0 Å². The molecular formula is C25H35N5O. The van der Waals surface area contributed by atoms with Gasteiger partial charge in [-0.1, -0.05) is 57.2 Å². The van der Waals surface area contributed by atoms with E-state index in [4.69, 9.17) is 0 Å². The van der Waals surface area contributed by atoms with Crippen LogP contribution in [-0.2, 0) is 23.2 Å². The van der Waals surface area contributed by atoms with Crippen molar-refractivity contribution in [1.82, 2.24) is 16.0 Å². The zero-order valence-electron chi connectivity index (χ0n) is 19.2. The highest BCUT2D eigenvalue weighted by molar-refractivity contribution is 5.82. The second kappa shape index (κ2) is 10.3. The van der Waals surface area contributed by atoms with Crippen molar-refractivity contribution in [1.29, 1.82) is 0 Å². The van der Waals surface area contributed by atoms with Gasteiger partial charge in [-0.15, -0.1) is 0 Å². The van der Waals surface area contributed by atoms with Crippen LogP contribution in [0.15, 0.2) is 53.5 Å². The minimum atomic E-state index is 0.0806. The molecule has 1 heterocycles. The predicted octanol–water partition coefficient (Wildman–Crippen LogP) is 2.83. The van der Waals surface area contributed by atoms with Crippen LogP contribution in [0, 0.1) is 0 Å². The van der Waals surface area contributed by atoms with Crippen molar-refractivity contribution in [2.45, 2.75) is 39.2 Å². The van der Waals surface area contributed by atoms with Crippen LogP contribution >= 0.6 is 0 Å². The number of aliphatic imine (C=N–C) groups is 1. The van der Waals surface area contributed by atoms with E-state index in [9.17, 15) is 4.79 Å². The fourth-order valence-corrected chi connectivity index (χ4v) is 3.59. The summed E-state index contributed by atoms with van der Waals surface area (Å²) in [4.78, 5) is 18.0. The van der Waals surface area contributed by atoms with Gasteiger partial charge in [-0.05, 0) is 40.7 Å². The monoisotopic (exact) mass is 421 g/mol. The molecule has 1 aliphatic heterocycles. The quantitative estimate of drug-likeness (QED) is 0.496. The van der Waals surface area contributed by atoms with E-state index in [1.54, 1.807) is 7.05 Å². The number of hydrogen-bond donors (Lipinski definition) is 3. The van der Waals surface area contributed by atoms with Crippen LogP contribution in [0.5, 0.6) is 0 Å². The van der Waals surface area contributed by atoms with Crippen molar-refractivity contribution in [2.24, 2.45) is 4.99 Å². The number of hydrogen-bond acceptors (Lipinski definition) is 3. The van der Waals surface area contributed by atoms with E-state index in [2.05, 4.69) is 95.1 Å². The molecule has 3 rings (SSSR count). The maximum atomic E-state index is 11.6. The summed E-state index contributed by atoms with van der Waals surface area (Å²) in [7, 11) is 1.79. The largest absolute Gasteiger partial charge is 0.360 e. The Morgan fingerprint density at radius 3 is 2.32 bits per heavy atom. The summed E-state index contributed by atoms with van der Waals surface area (Å²) in [6.45, 7) is 10.2. The molecule has 1 aliphatic rings. The number of nitrogens with zero attached hydrogens (tertiary/aromatic N) is 2. The van der Waals surface area contributed by atoms with Crippen molar-refractivity contribution >= 4 is 17.6 Å². The second-order valence-corrected chi connectivity index (χ2v) is 8.99. The van der Waals surface area contributed by atoms with Gasteiger partial charge in [-0.3, -0.25) is 9.79 Å². The van der Waals surface area contributed by atoms with Crippen molar-refractivity contribution in [3.8, 4) is 0 Å². The van der Waals surface area contributed by atoms with Crippen molar-refractivity contribution in [3.05, 3.63) is 65.2 Å². The molecular weight excluding hydrogens is 386 g/mol. The van der Waals surface area contributed by atoms with E-state index < -0.39 is 0 Å². The topological polar surface area (TPSA) is 68.8 Å². The van der Waals surface area contributed by atoms with Gasteiger partial charge in [0.25, 0.3) is 0 Å². The van der Waals surface area contributed by atoms with Crippen LogP contribution in [0.4, 0.5) is 5.69 Å². The average molecular weight is 422 g/mol. The van der Waals surface area contributed by atoms with E-state index in [0.29, 0.717) is 19.6 Å². The first-order valence-electron chi connectivity index (χ1n) is 11.0. The Morgan fingerprint density at radius 1 is 1.03 bits per heavy atom. The fourth-order valence-electron chi connectivity index (χ4n) is 3.59. The highest BCUT2D eigenvalue weighted by Gasteiger charge is 2.16. The third kappa shape index (κ3) is 6.74. The predicted molar refractivity (Wildman–Crippen MR) is 129 cm³/mol. The lowest BCUT2D eigenvalue weighted by Gasteiger charge is -2.28. The zero-order valence-corrected chi connectivity index (χ0v) is 19.2. The molecule has 1 saturated heterocycles. The Bertz CT molecular complexity index is 882. The van der Waals surface area contributed by atoms with Crippen LogP contribution in [0.2, 0.25) is 0 Å². The third-order valence-electron chi connectivity index (χ3n) is 5.55. The third-order valence-corrected chi connectivity index (χ3v) is 5.55. The standard InChI is InChI=1S/C25H35N5O/c1-25(2,3)21-9-5-19(6-10-21)13-14-28-24(26-4)29-17-20-7-11-22(12-8-20)30-16-15-27-23(31)18-30/h5-12H,13-18H2,1-4H3,(H,27,31)(H2,26,28,29). The van der Waals surface area contributed by atoms with Crippen molar-refractivity contribution < 1.29 is 4.79 Å². The fraction of sp³-hybridized carbons (Fsp3) is 0.440. The van der Waals surface area contributed by atoms with Gasteiger partial charge in [-0.2, -0.15) is 0 Å². The summed E-state index contributed by atoms with van der Waals surface area (Å²) in [6.07, 6.45) is 0.948. The van der Waals surface area contributed by atoms with E-state index in [1.807, 2.05) is 0 Å². The van der Waals surface area contributed by atoms with Crippen LogP contribution in [-0.4, -0.2) is 45.1 Å². The highest BCUT2D eigenvalue weighted by atomic mass is 16.2. The Hall–Kier alpha value is -3.02. The van der Waals surface area contributed by atoms with Gasteiger partial charge in [0, 0.05) is 38.9 Å². The number of anilines is 1. The molecule has 6 heteroatoms. The maximum Gasteiger partial charge on any atom is 0.239 e. The lowest BCUT2D eigenvalue weighted by Crippen LogP contribution is -2.47. The molecule has 1 amide bonds. The van der Waals surface area contributed by atoms with E-state index in [1.165, 1.54) is 16.7 Å². The van der Waals surface area contributed by atoms with Crippen molar-refractivity contribution in [3.63, 3.8) is 0 Å². The van der Waals surface area contributed by atoms with Gasteiger partial charge in [0.15, 0.2) is 5.96 Å². The molecule has 6 nitrogen and oxygen atoms in total. The van der Waals surface area contributed by atoms with Crippen LogP contribution in [0.25, 0.3) is 0 Å². The number of carbonyl (C=O) groups excluding carboxylic acids is 1. The Balaban J connectivity index is 1.43. The Morgan fingerprint density at radius 2 is 1.71 bits per heavy atom. The van der Waals surface area contributed by atoms with Crippen LogP contribution < -0.4 is 20.9 Å². The summed E-state index contributed by atoms with van der Waals surface area (Å²) in [5, 5.41) is 9.61. The number of guanidine groups is 1. The second-order valence-electron chi connectivity index (χ2n) is 8.99. The van der Waals surface area contributed by atoms with Gasteiger partial charge < -0.3 is 20.9 Å². The minimum absolute atomic E-state index is 0.0806. The first-order chi connectivity index (χ1) is 14.8. The number of nitrogens with one attached hydrogen (secondary N) is 3. The molecule has 0 spiro atoms. The summed E-state index contributed by atoms with van der Waals surface area (Å²) in [5.74, 6) is 0.875. The number of carbonyl (C=O) groups is 1. The van der Waals surface area contributed by atoms with Crippen LogP contribution in [0.3, 0.4) is 0 Å². The van der Waals surface area contributed by atoms with E-state index in [0.717, 1.165) is 31.2 Å². The summed E-state index contributed by atoms with van der Waals surface area (Å²) in [6, 6.07) is 17.2. The molecule has 0 bridgehead atoms. The van der Waals surface area contributed by atoms with Crippen LogP contribution in [0.1, 0.15) is 37.5 Å². The molecule has 0 saturated carbocycles. The van der Waals surface area contributed by atoms with E-state index in [-0.39, 0.29) is 11.3 Å². The summed E-state index contributed by atoms with van der Waals surface area (Å²) < 4.78 is 0. The SMILES string of the molecule is CN=C(NCCc1ccc(C(C)(C)C)cc1)NCc1ccc(N2CCNC(=O)C2)cc1. The molecule has 31 heavy (non-hydrogen) atoms. The van der Waals surface area contributed by atoms with Gasteiger partial charge in [0.1, 0.15) is 0 Å². The molecule has 0 aromatic heterocycles. The number of benzene rings is 2. The first kappa shape index (κ1) is 22.7. The van der Waals surface area contributed by atoms with Gasteiger partial charge in [0.2, 0.25) is 5.91 Å². The Kier molecular flexibility index (Phi) is 7.55. The molecule has 166 valence electrons. The molecule has 1 fully saturated rings. The minimum Gasteiger partial charge on any atom is -0.360 e. The van der Waals surface area contributed by atoms with Gasteiger partial charge in [0.05, 0.1) is 6.54 Å². The molecule has 0 unspecified atom stereocenters. The highest BCUT2D eigenvalue weighted by Crippen LogP contribution is 2.22. The zero-order chi connectivity index (χ0) is 22.3. The lowest BCUT2D eigenvalue weighted by atomic mass is 9.86. The molecule has 0 radical (unpaired) electrons. The summed E-state index contributed by atoms with van der Waals surface area (Å²) >= 11 is 0. The normalized spacial score (nSPS) is 14.9. The molecule has 2 aromatic carbocycles. The molecule has 0 aliphatic carbocycles. The average Bonchev–Trinajstić information content (AvgIpc) is 2.76. The number of rotatable bonds is 6. The summed E-state index contributed by atoms with van der Waals surface area (Å²) in [5.41, 5.74) is 5.11. The smallest absolute Gasteiger partial charge is 0.239 e. The maximum absolute atomic E-state index is 11.6. The van der Waals surface area contributed by atoms with E-state index >= 15 is 0 Å². The Labute approximate surface area is 186 Å². The number of amides is 1. The number of piperazine rings is 1. The van der Waals surface area contributed by atoms with Gasteiger partial charge >= 0.3 is 0 Å². The lowest BCUT2D eigenvalue weighted by molar-refractivity contribution is -0.120. The molecule has 2 aromatic rings. The van der Waals surface area contributed by atoms with Crippen molar-refractivity contribution in [2.75, 3.05) is 38.1 Å². The molecule has 3 N–H and O–H groups in total. The first-order valence-corrected chi connectivity index (χ1v) is 11.0. The molecule has 0 atom stereocenters.